The van der Waals surface area contributed by atoms with Crippen LogP contribution in [0.4, 0.5) is 0 Å². The highest BCUT2D eigenvalue weighted by Crippen LogP contribution is 2.30. The Bertz CT molecular complexity index is 585. The Kier molecular flexibility index (Phi) is 3.55. The van der Waals surface area contributed by atoms with Crippen LogP contribution in [-0.4, -0.2) is 5.91 Å². The van der Waals surface area contributed by atoms with Gasteiger partial charge in [0.25, 0.3) is 0 Å². The van der Waals surface area contributed by atoms with E-state index in [9.17, 15) is 4.79 Å². The molecule has 0 radical (unpaired) electrons. The van der Waals surface area contributed by atoms with E-state index in [4.69, 9.17) is 0 Å². The maximum Gasteiger partial charge on any atom is 0.223 e. The van der Waals surface area contributed by atoms with E-state index in [0.717, 1.165) is 18.4 Å². The molecule has 0 aliphatic heterocycles. The van der Waals surface area contributed by atoms with Crippen LogP contribution in [0.3, 0.4) is 0 Å². The molecule has 1 saturated carbocycles. The molecule has 1 fully saturated rings. The quantitative estimate of drug-likeness (QED) is 0.891. The minimum atomic E-state index is 0.0768. The summed E-state index contributed by atoms with van der Waals surface area (Å²) in [7, 11) is 0. The standard InChI is InChI=1S/C18H19NO/c1-13(19-18(20)17-11-12-17)14-7-9-16(10-8-14)15-5-3-2-4-6-15/h2-10,13,17H,11-12H2,1H3,(H,19,20)/t13-/m0/s1. The molecule has 1 atom stereocenters. The molecular weight excluding hydrogens is 246 g/mol. The lowest BCUT2D eigenvalue weighted by Gasteiger charge is -2.14. The molecular formula is C18H19NO. The van der Waals surface area contributed by atoms with E-state index >= 15 is 0 Å². The zero-order valence-corrected chi connectivity index (χ0v) is 11.7. The zero-order valence-electron chi connectivity index (χ0n) is 11.7. The first-order valence-electron chi connectivity index (χ1n) is 7.20. The van der Waals surface area contributed by atoms with Gasteiger partial charge in [0.15, 0.2) is 0 Å². The summed E-state index contributed by atoms with van der Waals surface area (Å²) in [6.45, 7) is 2.04. The molecule has 3 rings (SSSR count). The number of benzene rings is 2. The molecule has 2 nitrogen and oxygen atoms in total. The minimum Gasteiger partial charge on any atom is -0.349 e. The monoisotopic (exact) mass is 265 g/mol. The van der Waals surface area contributed by atoms with Crippen LogP contribution in [0.1, 0.15) is 31.4 Å². The van der Waals surface area contributed by atoms with Crippen molar-refractivity contribution in [3.63, 3.8) is 0 Å². The van der Waals surface area contributed by atoms with E-state index in [1.54, 1.807) is 0 Å². The van der Waals surface area contributed by atoms with Gasteiger partial charge >= 0.3 is 0 Å². The molecule has 2 aromatic carbocycles. The van der Waals surface area contributed by atoms with Crippen molar-refractivity contribution in [1.82, 2.24) is 5.32 Å². The molecule has 0 spiro atoms. The summed E-state index contributed by atoms with van der Waals surface area (Å²) < 4.78 is 0. The SMILES string of the molecule is C[C@H](NC(=O)C1CC1)c1ccc(-c2ccccc2)cc1. The highest BCUT2D eigenvalue weighted by molar-refractivity contribution is 5.81. The Morgan fingerprint density at radius 2 is 1.60 bits per heavy atom. The van der Waals surface area contributed by atoms with E-state index in [2.05, 4.69) is 41.7 Å². The van der Waals surface area contributed by atoms with Gasteiger partial charge in [-0.15, -0.1) is 0 Å². The lowest BCUT2D eigenvalue weighted by molar-refractivity contribution is -0.122. The van der Waals surface area contributed by atoms with Gasteiger partial charge in [-0.3, -0.25) is 4.79 Å². The van der Waals surface area contributed by atoms with Crippen LogP contribution in [0, 0.1) is 5.92 Å². The minimum absolute atomic E-state index is 0.0768. The summed E-state index contributed by atoms with van der Waals surface area (Å²) in [5, 5.41) is 3.08. The normalized spacial score (nSPS) is 15.7. The number of amides is 1. The highest BCUT2D eigenvalue weighted by atomic mass is 16.2. The maximum absolute atomic E-state index is 11.8. The van der Waals surface area contributed by atoms with Gasteiger partial charge < -0.3 is 5.32 Å². The van der Waals surface area contributed by atoms with Crippen molar-refractivity contribution in [1.29, 1.82) is 0 Å². The first-order chi connectivity index (χ1) is 9.74. The fourth-order valence-electron chi connectivity index (χ4n) is 2.35. The first-order valence-corrected chi connectivity index (χ1v) is 7.20. The molecule has 20 heavy (non-hydrogen) atoms. The molecule has 0 heterocycles. The van der Waals surface area contributed by atoms with Crippen molar-refractivity contribution >= 4 is 5.91 Å². The average molecular weight is 265 g/mol. The van der Waals surface area contributed by atoms with Crippen molar-refractivity contribution < 1.29 is 4.79 Å². The van der Waals surface area contributed by atoms with Crippen LogP contribution in [-0.2, 0) is 4.79 Å². The predicted octanol–water partition coefficient (Wildman–Crippen LogP) is 3.94. The Hall–Kier alpha value is -2.09. The Morgan fingerprint density at radius 3 is 2.20 bits per heavy atom. The number of nitrogens with one attached hydrogen (secondary N) is 1. The number of hydrogen-bond acceptors (Lipinski definition) is 1. The lowest BCUT2D eigenvalue weighted by atomic mass is 10.0. The van der Waals surface area contributed by atoms with Crippen LogP contribution < -0.4 is 5.32 Å². The Labute approximate surface area is 119 Å². The second-order valence-electron chi connectivity index (χ2n) is 5.49. The average Bonchev–Trinajstić information content (AvgIpc) is 3.33. The van der Waals surface area contributed by atoms with Gasteiger partial charge in [0.1, 0.15) is 0 Å². The second kappa shape index (κ2) is 5.49. The first kappa shape index (κ1) is 12.9. The smallest absolute Gasteiger partial charge is 0.223 e. The summed E-state index contributed by atoms with van der Waals surface area (Å²) in [4.78, 5) is 11.8. The zero-order chi connectivity index (χ0) is 13.9. The molecule has 1 amide bonds. The van der Waals surface area contributed by atoms with Gasteiger partial charge in [0, 0.05) is 5.92 Å². The van der Waals surface area contributed by atoms with Crippen molar-refractivity contribution in [2.75, 3.05) is 0 Å². The third kappa shape index (κ3) is 2.90. The third-order valence-electron chi connectivity index (χ3n) is 3.82. The topological polar surface area (TPSA) is 29.1 Å². The number of carbonyl (C=O) groups is 1. The summed E-state index contributed by atoms with van der Waals surface area (Å²) in [5.74, 6) is 0.464. The van der Waals surface area contributed by atoms with E-state index in [-0.39, 0.29) is 17.9 Å². The molecule has 2 aromatic rings. The second-order valence-corrected chi connectivity index (χ2v) is 5.49. The van der Waals surface area contributed by atoms with Gasteiger partial charge in [-0.05, 0) is 36.5 Å². The number of hydrogen-bond donors (Lipinski definition) is 1. The van der Waals surface area contributed by atoms with E-state index in [1.807, 2.05) is 25.1 Å². The van der Waals surface area contributed by atoms with Crippen LogP contribution in [0.25, 0.3) is 11.1 Å². The molecule has 1 aliphatic rings. The summed E-state index contributed by atoms with van der Waals surface area (Å²) in [6.07, 6.45) is 2.09. The molecule has 1 N–H and O–H groups in total. The van der Waals surface area contributed by atoms with Gasteiger partial charge in [-0.2, -0.15) is 0 Å². The number of carbonyl (C=O) groups excluding carboxylic acids is 1. The Morgan fingerprint density at radius 1 is 1.00 bits per heavy atom. The van der Waals surface area contributed by atoms with Crippen LogP contribution in [0.15, 0.2) is 54.6 Å². The van der Waals surface area contributed by atoms with E-state index < -0.39 is 0 Å². The van der Waals surface area contributed by atoms with Crippen LogP contribution in [0.2, 0.25) is 0 Å². The van der Waals surface area contributed by atoms with Crippen LogP contribution >= 0.6 is 0 Å². The molecule has 2 heteroatoms. The van der Waals surface area contributed by atoms with Crippen molar-refractivity contribution in [3.05, 3.63) is 60.2 Å². The summed E-state index contributed by atoms with van der Waals surface area (Å²) in [6, 6.07) is 18.8. The fraction of sp³-hybridized carbons (Fsp3) is 0.278. The van der Waals surface area contributed by atoms with Gasteiger partial charge in [-0.1, -0.05) is 54.6 Å². The molecule has 102 valence electrons. The van der Waals surface area contributed by atoms with Gasteiger partial charge in [0.05, 0.1) is 6.04 Å². The van der Waals surface area contributed by atoms with Gasteiger partial charge in [-0.25, -0.2) is 0 Å². The number of rotatable bonds is 4. The lowest BCUT2D eigenvalue weighted by Crippen LogP contribution is -2.27. The largest absolute Gasteiger partial charge is 0.349 e. The van der Waals surface area contributed by atoms with E-state index in [1.165, 1.54) is 11.1 Å². The van der Waals surface area contributed by atoms with Gasteiger partial charge in [0.2, 0.25) is 5.91 Å². The highest BCUT2D eigenvalue weighted by Gasteiger charge is 2.30. The molecule has 0 unspecified atom stereocenters. The van der Waals surface area contributed by atoms with Crippen molar-refractivity contribution in [2.24, 2.45) is 5.92 Å². The van der Waals surface area contributed by atoms with Crippen LogP contribution in [0.5, 0.6) is 0 Å². The summed E-state index contributed by atoms with van der Waals surface area (Å²) in [5.41, 5.74) is 3.57. The molecule has 0 saturated heterocycles. The molecule has 0 bridgehead atoms. The van der Waals surface area contributed by atoms with Crippen molar-refractivity contribution in [3.8, 4) is 11.1 Å². The fourth-order valence-corrected chi connectivity index (χ4v) is 2.35. The van der Waals surface area contributed by atoms with Crippen molar-refractivity contribution in [2.45, 2.75) is 25.8 Å². The molecule has 0 aromatic heterocycles. The third-order valence-corrected chi connectivity index (χ3v) is 3.82. The summed E-state index contributed by atoms with van der Waals surface area (Å²) >= 11 is 0. The molecule has 1 aliphatic carbocycles. The maximum atomic E-state index is 11.8. The predicted molar refractivity (Wildman–Crippen MR) is 81.2 cm³/mol. The Balaban J connectivity index is 1.70. The van der Waals surface area contributed by atoms with E-state index in [0.29, 0.717) is 0 Å².